The number of carbonyl (C=O) groups is 1. The minimum absolute atomic E-state index is 0.102. The lowest BCUT2D eigenvalue weighted by molar-refractivity contribution is 0.0732. The summed E-state index contributed by atoms with van der Waals surface area (Å²) in [5.74, 6) is -0.102. The van der Waals surface area contributed by atoms with E-state index in [2.05, 4.69) is 41.9 Å². The molecule has 0 aromatic carbocycles. The van der Waals surface area contributed by atoms with E-state index in [1.165, 1.54) is 0 Å². The predicted molar refractivity (Wildman–Crippen MR) is 94.5 cm³/mol. The zero-order valence-corrected chi connectivity index (χ0v) is 15.4. The van der Waals surface area contributed by atoms with Gasteiger partial charge in [-0.05, 0) is 56.1 Å². The van der Waals surface area contributed by atoms with Crippen LogP contribution in [0.3, 0.4) is 0 Å². The molecule has 1 N–H and O–H groups in total. The van der Waals surface area contributed by atoms with Crippen molar-refractivity contribution in [2.45, 2.75) is 6.42 Å². The third kappa shape index (κ3) is 2.46. The topological polar surface area (TPSA) is 56.6 Å². The molecule has 4 rings (SSSR count). The normalized spacial score (nSPS) is 14.4. The molecule has 0 aliphatic carbocycles. The van der Waals surface area contributed by atoms with Crippen LogP contribution in [-0.2, 0) is 6.42 Å². The van der Waals surface area contributed by atoms with Crippen molar-refractivity contribution in [1.82, 2.24) is 19.6 Å². The smallest absolute Gasteiger partial charge is 0.292 e. The molecule has 0 radical (unpaired) electrons. The van der Waals surface area contributed by atoms with Gasteiger partial charge in [-0.3, -0.25) is 9.80 Å². The van der Waals surface area contributed by atoms with Crippen molar-refractivity contribution in [2.75, 3.05) is 18.6 Å². The first kappa shape index (κ1) is 14.8. The molecule has 6 nitrogen and oxygen atoms in total. The third-order valence-corrected chi connectivity index (χ3v) is 4.90. The summed E-state index contributed by atoms with van der Waals surface area (Å²) in [7, 11) is 1.89. The predicted octanol–water partition coefficient (Wildman–Crippen LogP) is 3.24. The van der Waals surface area contributed by atoms with E-state index in [4.69, 9.17) is 0 Å². The number of hydrogen-bond acceptors (Lipinski definition) is 3. The lowest BCUT2D eigenvalue weighted by Crippen LogP contribution is -2.48. The van der Waals surface area contributed by atoms with E-state index in [0.29, 0.717) is 12.2 Å². The van der Waals surface area contributed by atoms with Gasteiger partial charge in [0, 0.05) is 36.4 Å². The van der Waals surface area contributed by atoms with Crippen LogP contribution in [0.1, 0.15) is 16.2 Å². The van der Waals surface area contributed by atoms with Crippen LogP contribution >= 0.6 is 31.9 Å². The number of rotatable bonds is 1. The van der Waals surface area contributed by atoms with E-state index in [1.54, 1.807) is 9.52 Å². The number of H-pyrrole nitrogens is 1. The number of fused-ring (bicyclic) bond motifs is 2. The molecule has 0 atom stereocenters. The highest BCUT2D eigenvalue weighted by atomic mass is 79.9. The fourth-order valence-corrected chi connectivity index (χ4v) is 3.65. The molecule has 0 fully saturated rings. The summed E-state index contributed by atoms with van der Waals surface area (Å²) in [5.41, 5.74) is 3.46. The molecule has 4 heterocycles. The summed E-state index contributed by atoms with van der Waals surface area (Å²) in [6.45, 7) is 0.618. The Balaban J connectivity index is 1.68. The van der Waals surface area contributed by atoms with E-state index in [9.17, 15) is 4.79 Å². The summed E-state index contributed by atoms with van der Waals surface area (Å²) in [6.07, 6.45) is 2.63. The summed E-state index contributed by atoms with van der Waals surface area (Å²) >= 11 is 6.86. The molecule has 1 aliphatic rings. The van der Waals surface area contributed by atoms with Crippen LogP contribution in [0.15, 0.2) is 39.5 Å². The molecule has 0 saturated heterocycles. The van der Waals surface area contributed by atoms with Crippen LogP contribution < -0.4 is 5.01 Å². The molecule has 23 heavy (non-hydrogen) atoms. The zero-order chi connectivity index (χ0) is 16.1. The molecule has 1 aliphatic heterocycles. The van der Waals surface area contributed by atoms with Crippen LogP contribution in [0.25, 0.3) is 5.52 Å². The Kier molecular flexibility index (Phi) is 3.46. The SMILES string of the molecule is CN1c2cc(Br)[nH]c2CCN1C(=O)c1cc2ccc(Br)cn2n1. The van der Waals surface area contributed by atoms with Crippen LogP contribution in [0.2, 0.25) is 0 Å². The quantitative estimate of drug-likeness (QED) is 0.634. The second kappa shape index (κ2) is 5.38. The molecule has 0 saturated carbocycles. The Morgan fingerprint density at radius 2 is 2.13 bits per heavy atom. The number of carbonyl (C=O) groups excluding carboxylic acids is 1. The minimum Gasteiger partial charge on any atom is -0.351 e. The Morgan fingerprint density at radius 3 is 2.96 bits per heavy atom. The fraction of sp³-hybridized carbons (Fsp3) is 0.200. The zero-order valence-electron chi connectivity index (χ0n) is 12.3. The van der Waals surface area contributed by atoms with Gasteiger partial charge in [-0.25, -0.2) is 9.52 Å². The van der Waals surface area contributed by atoms with E-state index < -0.39 is 0 Å². The molecule has 8 heteroatoms. The number of pyridine rings is 1. The maximum atomic E-state index is 12.9. The van der Waals surface area contributed by atoms with E-state index in [0.717, 1.165) is 32.4 Å². The van der Waals surface area contributed by atoms with Gasteiger partial charge in [0.2, 0.25) is 0 Å². The van der Waals surface area contributed by atoms with E-state index in [-0.39, 0.29) is 5.91 Å². The summed E-state index contributed by atoms with van der Waals surface area (Å²) in [5, 5.41) is 8.00. The standard InChI is InChI=1S/C15H13Br2N5O/c1-20-13-7-14(17)18-11(13)4-5-22(20)15(23)12-6-10-3-2-9(16)8-21(10)19-12/h2-3,6-8,18H,4-5H2,1H3. The number of amides is 1. The van der Waals surface area contributed by atoms with Crippen LogP contribution in [0.5, 0.6) is 0 Å². The highest BCUT2D eigenvalue weighted by Gasteiger charge is 2.29. The van der Waals surface area contributed by atoms with Crippen molar-refractivity contribution in [1.29, 1.82) is 0 Å². The average Bonchev–Trinajstić information content (AvgIpc) is 3.09. The van der Waals surface area contributed by atoms with Gasteiger partial charge < -0.3 is 4.98 Å². The number of anilines is 1. The van der Waals surface area contributed by atoms with Gasteiger partial charge in [0.25, 0.3) is 5.91 Å². The Hall–Kier alpha value is -1.80. The van der Waals surface area contributed by atoms with Crippen molar-refractivity contribution in [3.05, 3.63) is 50.9 Å². The number of nitrogens with zero attached hydrogens (tertiary/aromatic N) is 4. The maximum Gasteiger partial charge on any atom is 0.292 e. The first-order valence-electron chi connectivity index (χ1n) is 7.11. The molecule has 3 aromatic heterocycles. The van der Waals surface area contributed by atoms with Crippen LogP contribution in [0, 0.1) is 0 Å². The summed E-state index contributed by atoms with van der Waals surface area (Å²) < 4.78 is 3.55. The van der Waals surface area contributed by atoms with Crippen molar-refractivity contribution in [2.24, 2.45) is 0 Å². The minimum atomic E-state index is -0.102. The van der Waals surface area contributed by atoms with Crippen LogP contribution in [0.4, 0.5) is 5.69 Å². The number of halogens is 2. The third-order valence-electron chi connectivity index (χ3n) is 4.00. The van der Waals surface area contributed by atoms with Crippen molar-refractivity contribution in [3.63, 3.8) is 0 Å². The molecule has 0 bridgehead atoms. The van der Waals surface area contributed by atoms with Crippen molar-refractivity contribution in [3.8, 4) is 0 Å². The number of hydrogen-bond donors (Lipinski definition) is 1. The molecule has 0 spiro atoms. The number of nitrogens with one attached hydrogen (secondary N) is 1. The van der Waals surface area contributed by atoms with Gasteiger partial charge in [-0.2, -0.15) is 5.10 Å². The molecular formula is C15H13Br2N5O. The van der Waals surface area contributed by atoms with Gasteiger partial charge in [-0.15, -0.1) is 0 Å². The summed E-state index contributed by atoms with van der Waals surface area (Å²) in [6, 6.07) is 7.65. The lowest BCUT2D eigenvalue weighted by Gasteiger charge is -2.36. The van der Waals surface area contributed by atoms with Gasteiger partial charge in [0.05, 0.1) is 15.8 Å². The highest BCUT2D eigenvalue weighted by molar-refractivity contribution is 9.10. The largest absolute Gasteiger partial charge is 0.351 e. The number of aromatic amines is 1. The molecule has 1 amide bonds. The van der Waals surface area contributed by atoms with Crippen LogP contribution in [-0.4, -0.2) is 39.1 Å². The first-order chi connectivity index (χ1) is 11.0. The average molecular weight is 439 g/mol. The number of aromatic nitrogens is 3. The lowest BCUT2D eigenvalue weighted by atomic mass is 10.2. The highest BCUT2D eigenvalue weighted by Crippen LogP contribution is 2.30. The Morgan fingerprint density at radius 1 is 1.30 bits per heavy atom. The summed E-state index contributed by atoms with van der Waals surface area (Å²) in [4.78, 5) is 16.1. The van der Waals surface area contributed by atoms with Crippen molar-refractivity contribution >= 4 is 49.0 Å². The molecule has 118 valence electrons. The van der Waals surface area contributed by atoms with Crippen molar-refractivity contribution < 1.29 is 4.79 Å². The van der Waals surface area contributed by atoms with Gasteiger partial charge >= 0.3 is 0 Å². The van der Waals surface area contributed by atoms with Gasteiger partial charge in [-0.1, -0.05) is 0 Å². The molecular weight excluding hydrogens is 426 g/mol. The second-order valence-corrected chi connectivity index (χ2v) is 7.20. The molecule has 3 aromatic rings. The monoisotopic (exact) mass is 437 g/mol. The first-order valence-corrected chi connectivity index (χ1v) is 8.69. The second-order valence-electron chi connectivity index (χ2n) is 5.43. The van der Waals surface area contributed by atoms with E-state index in [1.807, 2.05) is 42.5 Å². The van der Waals surface area contributed by atoms with Gasteiger partial charge in [0.1, 0.15) is 0 Å². The molecule has 0 unspecified atom stereocenters. The fourth-order valence-electron chi connectivity index (χ4n) is 2.86. The van der Waals surface area contributed by atoms with E-state index >= 15 is 0 Å². The number of hydrazine groups is 1. The Bertz CT molecular complexity index is 916. The van der Waals surface area contributed by atoms with Gasteiger partial charge in [0.15, 0.2) is 5.69 Å². The maximum absolute atomic E-state index is 12.9. The Labute approximate surface area is 149 Å².